The molecule has 0 unspecified atom stereocenters. The van der Waals surface area contributed by atoms with E-state index >= 15 is 0 Å². The highest BCUT2D eigenvalue weighted by molar-refractivity contribution is 5.58. The fraction of sp³-hybridized carbons (Fsp3) is 0.556. The topological polar surface area (TPSA) is 123 Å². The molecule has 0 bridgehead atoms. The molecule has 0 saturated carbocycles. The molecule has 0 aliphatic carbocycles. The molecule has 1 rings (SSSR count). The van der Waals surface area contributed by atoms with Gasteiger partial charge in [0.1, 0.15) is 13.2 Å². The predicted octanol–water partition coefficient (Wildman–Crippen LogP) is 0.139. The second-order valence-corrected chi connectivity index (χ2v) is 3.21. The van der Waals surface area contributed by atoms with Gasteiger partial charge in [-0.3, -0.25) is 10.1 Å². The second-order valence-electron chi connectivity index (χ2n) is 3.21. The third-order valence-corrected chi connectivity index (χ3v) is 1.91. The molecular formula is C9H14N4O5. The van der Waals surface area contributed by atoms with E-state index in [9.17, 15) is 10.1 Å². The van der Waals surface area contributed by atoms with Gasteiger partial charge in [0.05, 0.1) is 11.5 Å². The molecule has 9 heteroatoms. The van der Waals surface area contributed by atoms with Crippen molar-refractivity contribution in [2.75, 3.05) is 33.2 Å². The number of rotatable bonds is 7. The summed E-state index contributed by atoms with van der Waals surface area (Å²) in [7, 11) is 2.94. The Kier molecular flexibility index (Phi) is 5.21. The summed E-state index contributed by atoms with van der Waals surface area (Å²) in [5, 5.41) is 10.8. The molecule has 0 aromatic carbocycles. The Bertz CT molecular complexity index is 426. The SMILES string of the molecule is COCCOc1nc(COC)nc(N)c1[N+](=O)[O-]. The Morgan fingerprint density at radius 3 is 2.56 bits per heavy atom. The van der Waals surface area contributed by atoms with E-state index in [-0.39, 0.29) is 37.3 Å². The molecule has 0 aliphatic heterocycles. The molecule has 1 aromatic rings. The van der Waals surface area contributed by atoms with Crippen molar-refractivity contribution in [3.8, 4) is 5.88 Å². The molecular weight excluding hydrogens is 244 g/mol. The van der Waals surface area contributed by atoms with E-state index in [4.69, 9.17) is 19.9 Å². The minimum absolute atomic E-state index is 0.0861. The number of nitrogens with two attached hydrogens (primary N) is 1. The molecule has 0 aliphatic rings. The van der Waals surface area contributed by atoms with Crippen LogP contribution in [0.3, 0.4) is 0 Å². The summed E-state index contributed by atoms with van der Waals surface area (Å²) in [6, 6.07) is 0. The monoisotopic (exact) mass is 258 g/mol. The maximum absolute atomic E-state index is 10.8. The predicted molar refractivity (Wildman–Crippen MR) is 61.2 cm³/mol. The molecule has 18 heavy (non-hydrogen) atoms. The Hall–Kier alpha value is -2.00. The van der Waals surface area contributed by atoms with Gasteiger partial charge >= 0.3 is 5.69 Å². The van der Waals surface area contributed by atoms with Gasteiger partial charge in [-0.1, -0.05) is 0 Å². The van der Waals surface area contributed by atoms with Gasteiger partial charge in [0, 0.05) is 14.2 Å². The second kappa shape index (κ2) is 6.67. The number of ether oxygens (including phenoxy) is 3. The molecule has 0 fully saturated rings. The lowest BCUT2D eigenvalue weighted by atomic mass is 10.4. The van der Waals surface area contributed by atoms with E-state index in [0.29, 0.717) is 0 Å². The van der Waals surface area contributed by atoms with Crippen molar-refractivity contribution in [3.05, 3.63) is 15.9 Å². The first-order valence-electron chi connectivity index (χ1n) is 5.01. The van der Waals surface area contributed by atoms with E-state index < -0.39 is 10.6 Å². The average Bonchev–Trinajstić information content (AvgIpc) is 2.28. The normalized spacial score (nSPS) is 10.3. The van der Waals surface area contributed by atoms with Gasteiger partial charge in [-0.15, -0.1) is 0 Å². The van der Waals surface area contributed by atoms with Crippen molar-refractivity contribution < 1.29 is 19.1 Å². The third kappa shape index (κ3) is 3.50. The Balaban J connectivity index is 3.03. The first-order valence-corrected chi connectivity index (χ1v) is 5.01. The Morgan fingerprint density at radius 1 is 1.28 bits per heavy atom. The van der Waals surface area contributed by atoms with E-state index in [1.54, 1.807) is 0 Å². The van der Waals surface area contributed by atoms with Gasteiger partial charge in [-0.2, -0.15) is 4.98 Å². The number of nitrogen functional groups attached to an aromatic ring is 1. The van der Waals surface area contributed by atoms with Gasteiger partial charge in [0.2, 0.25) is 5.82 Å². The minimum Gasteiger partial charge on any atom is -0.470 e. The maximum Gasteiger partial charge on any atom is 0.372 e. The van der Waals surface area contributed by atoms with E-state index in [1.807, 2.05) is 0 Å². The number of anilines is 1. The van der Waals surface area contributed by atoms with Crippen LogP contribution in [0.4, 0.5) is 11.5 Å². The smallest absolute Gasteiger partial charge is 0.372 e. The van der Waals surface area contributed by atoms with E-state index in [2.05, 4.69) is 9.97 Å². The summed E-state index contributed by atoms with van der Waals surface area (Å²) in [5.74, 6) is -0.223. The largest absolute Gasteiger partial charge is 0.470 e. The van der Waals surface area contributed by atoms with Crippen LogP contribution in [-0.2, 0) is 16.1 Å². The summed E-state index contributed by atoms with van der Waals surface area (Å²) < 4.78 is 14.8. The minimum atomic E-state index is -0.686. The highest BCUT2D eigenvalue weighted by atomic mass is 16.6. The van der Waals surface area contributed by atoms with Crippen LogP contribution in [0.2, 0.25) is 0 Å². The van der Waals surface area contributed by atoms with Crippen LogP contribution in [-0.4, -0.2) is 42.3 Å². The highest BCUT2D eigenvalue weighted by Crippen LogP contribution is 2.29. The lowest BCUT2D eigenvalue weighted by molar-refractivity contribution is -0.385. The van der Waals surface area contributed by atoms with Crippen molar-refractivity contribution in [3.63, 3.8) is 0 Å². The molecule has 9 nitrogen and oxygen atoms in total. The fourth-order valence-corrected chi connectivity index (χ4v) is 1.18. The molecule has 0 saturated heterocycles. The number of hydrogen-bond acceptors (Lipinski definition) is 8. The molecule has 0 spiro atoms. The first-order chi connectivity index (χ1) is 8.60. The van der Waals surface area contributed by atoms with Gasteiger partial charge in [0.25, 0.3) is 5.88 Å². The van der Waals surface area contributed by atoms with Crippen molar-refractivity contribution in [1.29, 1.82) is 0 Å². The zero-order valence-electron chi connectivity index (χ0n) is 10.1. The quantitative estimate of drug-likeness (QED) is 0.416. The number of hydrogen-bond donors (Lipinski definition) is 1. The zero-order valence-corrected chi connectivity index (χ0v) is 10.1. The van der Waals surface area contributed by atoms with Crippen molar-refractivity contribution >= 4 is 11.5 Å². The summed E-state index contributed by atoms with van der Waals surface area (Å²) >= 11 is 0. The van der Waals surface area contributed by atoms with Gasteiger partial charge < -0.3 is 19.9 Å². The van der Waals surface area contributed by atoms with Gasteiger partial charge in [-0.05, 0) is 0 Å². The molecule has 1 aromatic heterocycles. The van der Waals surface area contributed by atoms with E-state index in [0.717, 1.165) is 0 Å². The molecule has 100 valence electrons. The fourth-order valence-electron chi connectivity index (χ4n) is 1.18. The lowest BCUT2D eigenvalue weighted by Gasteiger charge is -2.08. The molecule has 0 atom stereocenters. The van der Waals surface area contributed by atoms with Crippen molar-refractivity contribution in [2.24, 2.45) is 0 Å². The van der Waals surface area contributed by atoms with Crippen LogP contribution < -0.4 is 10.5 Å². The standard InChI is InChI=1S/C9H14N4O5/c1-16-3-4-18-9-7(13(14)15)8(10)11-6(12-9)5-17-2/h3-5H2,1-2H3,(H2,10,11,12). The summed E-state index contributed by atoms with van der Waals surface area (Å²) in [6.07, 6.45) is 0. The molecule has 0 radical (unpaired) electrons. The summed E-state index contributed by atoms with van der Waals surface area (Å²) in [6.45, 7) is 0.490. The number of aromatic nitrogens is 2. The Labute approximate surface area is 103 Å². The molecule has 2 N–H and O–H groups in total. The zero-order chi connectivity index (χ0) is 13.5. The van der Waals surface area contributed by atoms with Crippen LogP contribution >= 0.6 is 0 Å². The highest BCUT2D eigenvalue weighted by Gasteiger charge is 2.24. The van der Waals surface area contributed by atoms with Gasteiger partial charge in [-0.25, -0.2) is 4.98 Å². The van der Waals surface area contributed by atoms with Gasteiger partial charge in [0.15, 0.2) is 5.82 Å². The Morgan fingerprint density at radius 2 is 2.00 bits per heavy atom. The van der Waals surface area contributed by atoms with Crippen LogP contribution in [0.5, 0.6) is 5.88 Å². The van der Waals surface area contributed by atoms with E-state index in [1.165, 1.54) is 14.2 Å². The average molecular weight is 258 g/mol. The number of nitro groups is 1. The lowest BCUT2D eigenvalue weighted by Crippen LogP contribution is -2.12. The first kappa shape index (κ1) is 14.1. The number of nitrogens with zero attached hydrogens (tertiary/aromatic N) is 3. The van der Waals surface area contributed by atoms with Crippen LogP contribution in [0, 0.1) is 10.1 Å². The van der Waals surface area contributed by atoms with Crippen molar-refractivity contribution in [1.82, 2.24) is 9.97 Å². The summed E-state index contributed by atoms with van der Waals surface area (Å²) in [5.41, 5.74) is 5.05. The van der Waals surface area contributed by atoms with Crippen LogP contribution in [0.1, 0.15) is 5.82 Å². The van der Waals surface area contributed by atoms with Crippen LogP contribution in [0.25, 0.3) is 0 Å². The third-order valence-electron chi connectivity index (χ3n) is 1.91. The molecule has 0 amide bonds. The summed E-state index contributed by atoms with van der Waals surface area (Å²) in [4.78, 5) is 17.8. The maximum atomic E-state index is 10.8. The number of methoxy groups -OCH3 is 2. The van der Waals surface area contributed by atoms with Crippen LogP contribution in [0.15, 0.2) is 0 Å². The molecule has 1 heterocycles. The van der Waals surface area contributed by atoms with Crippen molar-refractivity contribution in [2.45, 2.75) is 6.61 Å².